The van der Waals surface area contributed by atoms with Crippen LogP contribution < -0.4 is 0 Å². The molecule has 0 unspecified atom stereocenters. The molecule has 0 fully saturated rings. The van der Waals surface area contributed by atoms with E-state index in [-0.39, 0.29) is 28.9 Å². The third-order valence-corrected chi connectivity index (χ3v) is 18.6. The van der Waals surface area contributed by atoms with Gasteiger partial charge in [0, 0.05) is 80.0 Å². The van der Waals surface area contributed by atoms with E-state index in [1.165, 1.54) is 0 Å². The molecule has 0 amide bonds. The zero-order valence-electron chi connectivity index (χ0n) is 47.7. The van der Waals surface area contributed by atoms with Gasteiger partial charge >= 0.3 is 0 Å². The first-order valence-corrected chi connectivity index (χ1v) is 28.2. The van der Waals surface area contributed by atoms with Crippen LogP contribution in [-0.4, -0.2) is 9.13 Å². The zero-order chi connectivity index (χ0) is 57.8. The fourth-order valence-corrected chi connectivity index (χ4v) is 15.5. The predicted octanol–water partition coefficient (Wildman–Crippen LogP) is 21.6. The number of aromatic nitrogens is 2. The standard InChI is InChI=1S/C74H40N4OS2/c1-76-67-63(44-23-7-3-8-24-44)57(42-75)68(78-69-54(40-39-52-47-28-13-17-37-61(47)80-73(52)69)66-55(43-21-5-2-6-22-43)41-56-48-29-14-18-38-62(48)81-74(56)71(66)78)64(45-25-9-4-10-26-45)70(67)77-58-34-15-11-30-53(58)65-49(31-20-35-59(65)77)51-33-19-32-50-46-27-12-16-36-60(46)79-72(50)51/h2-41H/i2D,5D,6D,21D,22D. The maximum absolute atomic E-state index is 12.5. The molecule has 0 aliphatic rings. The van der Waals surface area contributed by atoms with Crippen LogP contribution in [0.25, 0.3) is 167 Å². The molecule has 0 aliphatic heterocycles. The number of fused-ring (bicyclic) bond motifs is 17. The number of rotatable bonds is 6. The molecule has 7 heteroatoms. The molecule has 5 aromatic heterocycles. The molecule has 0 radical (unpaired) electrons. The molecule has 5 nitrogen and oxygen atoms in total. The largest absolute Gasteiger partial charge is 0.455 e. The Morgan fingerprint density at radius 1 is 0.457 bits per heavy atom. The smallest absolute Gasteiger partial charge is 0.220 e. The molecule has 0 spiro atoms. The summed E-state index contributed by atoms with van der Waals surface area (Å²) < 4.78 is 61.4. The number of nitriles is 1. The van der Waals surface area contributed by atoms with Crippen LogP contribution in [0.5, 0.6) is 0 Å². The highest BCUT2D eigenvalue weighted by atomic mass is 32.1. The minimum absolute atomic E-state index is 0.0749. The highest BCUT2D eigenvalue weighted by molar-refractivity contribution is 7.27. The van der Waals surface area contributed by atoms with Crippen LogP contribution in [0.4, 0.5) is 5.69 Å². The van der Waals surface area contributed by atoms with Gasteiger partial charge in [-0.25, -0.2) is 4.85 Å². The Balaban J connectivity index is 1.15. The summed E-state index contributed by atoms with van der Waals surface area (Å²) in [5.41, 5.74) is 11.3. The van der Waals surface area contributed by atoms with Crippen LogP contribution in [0, 0.1) is 17.9 Å². The van der Waals surface area contributed by atoms with E-state index in [2.05, 4.69) is 129 Å². The van der Waals surface area contributed by atoms with Gasteiger partial charge in [-0.15, -0.1) is 22.7 Å². The van der Waals surface area contributed by atoms with Gasteiger partial charge in [0.1, 0.15) is 17.2 Å². The lowest BCUT2D eigenvalue weighted by Crippen LogP contribution is -2.09. The highest BCUT2D eigenvalue weighted by Gasteiger charge is 2.34. The van der Waals surface area contributed by atoms with E-state index in [0.717, 1.165) is 112 Å². The highest BCUT2D eigenvalue weighted by Crippen LogP contribution is 2.56. The molecule has 12 aromatic carbocycles. The molecule has 81 heavy (non-hydrogen) atoms. The van der Waals surface area contributed by atoms with Crippen LogP contribution in [0.15, 0.2) is 247 Å². The summed E-state index contributed by atoms with van der Waals surface area (Å²) >= 11 is 3.27. The van der Waals surface area contributed by atoms with Gasteiger partial charge in [-0.2, -0.15) is 5.26 Å². The summed E-state index contributed by atoms with van der Waals surface area (Å²) in [7, 11) is 0. The summed E-state index contributed by atoms with van der Waals surface area (Å²) in [5.74, 6) is 0. The van der Waals surface area contributed by atoms with Crippen LogP contribution in [-0.2, 0) is 0 Å². The molecule has 374 valence electrons. The van der Waals surface area contributed by atoms with E-state index in [4.69, 9.17) is 8.53 Å². The second-order valence-corrected chi connectivity index (χ2v) is 22.5. The summed E-state index contributed by atoms with van der Waals surface area (Å²) in [5, 5.41) is 21.7. The lowest BCUT2D eigenvalue weighted by Gasteiger charge is -2.26. The second kappa shape index (κ2) is 17.5. The summed E-state index contributed by atoms with van der Waals surface area (Å²) in [6, 6.07) is 72.5. The van der Waals surface area contributed by atoms with E-state index in [1.54, 1.807) is 22.7 Å². The van der Waals surface area contributed by atoms with E-state index in [9.17, 15) is 14.6 Å². The van der Waals surface area contributed by atoms with E-state index in [0.29, 0.717) is 44.5 Å². The summed E-state index contributed by atoms with van der Waals surface area (Å²) in [6.07, 6.45) is 0. The average molecular weight is 1070 g/mol. The zero-order valence-corrected chi connectivity index (χ0v) is 44.4. The van der Waals surface area contributed by atoms with Gasteiger partial charge in [0.15, 0.2) is 0 Å². The number of furan rings is 1. The number of thiophene rings is 2. The first-order chi connectivity index (χ1) is 42.2. The monoisotopic (exact) mass is 1070 g/mol. The van der Waals surface area contributed by atoms with Gasteiger partial charge in [0.25, 0.3) is 0 Å². The van der Waals surface area contributed by atoms with Gasteiger partial charge in [-0.3, -0.25) is 0 Å². The lowest BCUT2D eigenvalue weighted by atomic mass is 9.88. The quantitative estimate of drug-likeness (QED) is 0.156. The van der Waals surface area contributed by atoms with Gasteiger partial charge in [0.05, 0.1) is 61.8 Å². The van der Waals surface area contributed by atoms with Crippen molar-refractivity contribution in [2.45, 2.75) is 0 Å². The van der Waals surface area contributed by atoms with Crippen molar-refractivity contribution in [1.29, 1.82) is 5.26 Å². The number of hydrogen-bond acceptors (Lipinski definition) is 4. The maximum Gasteiger partial charge on any atom is 0.220 e. The Kier molecular flexibility index (Phi) is 8.77. The normalized spacial score (nSPS) is 12.8. The number of hydrogen-bond donors (Lipinski definition) is 0. The molecule has 17 aromatic rings. The molecule has 0 saturated carbocycles. The van der Waals surface area contributed by atoms with Crippen molar-refractivity contribution in [3.8, 4) is 62.0 Å². The topological polar surface area (TPSA) is 51.1 Å². The molecule has 0 aliphatic carbocycles. The molecule has 0 saturated heterocycles. The Labute approximate surface area is 478 Å². The van der Waals surface area contributed by atoms with Gasteiger partial charge < -0.3 is 13.6 Å². The van der Waals surface area contributed by atoms with E-state index < -0.39 is 18.1 Å². The minimum atomic E-state index is -0.479. The van der Waals surface area contributed by atoms with Crippen LogP contribution in [0.3, 0.4) is 0 Å². The maximum atomic E-state index is 12.5. The van der Waals surface area contributed by atoms with Crippen molar-refractivity contribution in [1.82, 2.24) is 9.13 Å². The Morgan fingerprint density at radius 3 is 1.79 bits per heavy atom. The van der Waals surface area contributed by atoms with Crippen molar-refractivity contribution in [2.75, 3.05) is 0 Å². The predicted molar refractivity (Wildman–Crippen MR) is 341 cm³/mol. The molecular weight excluding hydrogens is 1020 g/mol. The average Bonchev–Trinajstić information content (AvgIpc) is 1.51. The van der Waals surface area contributed by atoms with Crippen molar-refractivity contribution in [3.05, 3.63) is 260 Å². The fourth-order valence-electron chi connectivity index (χ4n) is 13.0. The summed E-state index contributed by atoms with van der Waals surface area (Å²) in [6.45, 7) is 9.61. The molecule has 5 heterocycles. The summed E-state index contributed by atoms with van der Waals surface area (Å²) in [4.78, 5) is 4.62. The van der Waals surface area contributed by atoms with Crippen molar-refractivity contribution >= 4 is 134 Å². The van der Waals surface area contributed by atoms with Gasteiger partial charge in [-0.1, -0.05) is 206 Å². The number of nitrogens with zero attached hydrogens (tertiary/aromatic N) is 4. The SMILES string of the molecule is [2H]c1c([2H])c([2H])c(-c2cc3c4ccccc4sc3c3c2c2ccc4c5ccccc5sc4c2n3-c2c(C#N)c(-c3ccccc3)c([N+]#[C-])c(-n3c4ccccc4c4c(-c5cccc6c5oc5ccccc56)cccc43)c2-c2ccccc2)c([2H])c1[2H]. The molecule has 17 rings (SSSR count). The third kappa shape index (κ3) is 6.39. The van der Waals surface area contributed by atoms with Gasteiger partial charge in [-0.05, 0) is 64.2 Å². The molecule has 0 bridgehead atoms. The Hall–Kier alpha value is -10.5. The Morgan fingerprint density at radius 2 is 1.05 bits per heavy atom. The van der Waals surface area contributed by atoms with E-state index >= 15 is 0 Å². The van der Waals surface area contributed by atoms with Crippen LogP contribution >= 0.6 is 22.7 Å². The number of para-hydroxylation sites is 3. The number of benzene rings is 12. The fraction of sp³-hybridized carbons (Fsp3) is 0. The molecular formula is C74H40N4OS2. The Bertz CT molecular complexity index is 5910. The second-order valence-electron chi connectivity index (χ2n) is 20.4. The van der Waals surface area contributed by atoms with Crippen molar-refractivity contribution in [2.24, 2.45) is 0 Å². The first-order valence-electron chi connectivity index (χ1n) is 29.1. The van der Waals surface area contributed by atoms with Gasteiger partial charge in [0.2, 0.25) is 5.69 Å². The third-order valence-electron chi connectivity index (χ3n) is 16.3. The minimum Gasteiger partial charge on any atom is -0.455 e. The molecule has 0 atom stereocenters. The first kappa shape index (κ1) is 40.6. The van der Waals surface area contributed by atoms with Crippen LogP contribution in [0.1, 0.15) is 12.4 Å². The van der Waals surface area contributed by atoms with Crippen molar-refractivity contribution < 1.29 is 11.3 Å². The van der Waals surface area contributed by atoms with Crippen molar-refractivity contribution in [3.63, 3.8) is 0 Å². The van der Waals surface area contributed by atoms with E-state index in [1.807, 2.05) is 103 Å². The van der Waals surface area contributed by atoms with Crippen LogP contribution in [0.2, 0.25) is 0 Å². The lowest BCUT2D eigenvalue weighted by molar-refractivity contribution is 0.670. The molecule has 0 N–H and O–H groups in total.